The van der Waals surface area contributed by atoms with E-state index in [-0.39, 0.29) is 40.9 Å². The Morgan fingerprint density at radius 2 is 1.75 bits per heavy atom. The van der Waals surface area contributed by atoms with Crippen LogP contribution in [0, 0.1) is 11.7 Å². The van der Waals surface area contributed by atoms with Crippen LogP contribution in [0.15, 0.2) is 48.8 Å². The number of aromatic nitrogens is 4. The van der Waals surface area contributed by atoms with Crippen LogP contribution in [0.3, 0.4) is 0 Å². The van der Waals surface area contributed by atoms with E-state index in [4.69, 9.17) is 15.6 Å². The summed E-state index contributed by atoms with van der Waals surface area (Å²) in [5.74, 6) is -0.0840. The van der Waals surface area contributed by atoms with Gasteiger partial charge in [0, 0.05) is 49.8 Å². The third kappa shape index (κ3) is 5.39. The number of carbonyl (C=O) groups is 1. The first-order valence-corrected chi connectivity index (χ1v) is 15.6. The van der Waals surface area contributed by atoms with Crippen LogP contribution < -0.4 is 15.8 Å². The highest BCUT2D eigenvalue weighted by molar-refractivity contribution is 6.00. The lowest BCUT2D eigenvalue weighted by Gasteiger charge is -2.41. The van der Waals surface area contributed by atoms with E-state index in [1.54, 1.807) is 6.07 Å². The molecule has 0 radical (unpaired) electrons. The average molecular weight is 599 g/mol. The monoisotopic (exact) mass is 598 g/mol. The average Bonchev–Trinajstić information content (AvgIpc) is 3.76. The standard InChI is InChI=1S/C33H39FN8O2/c1-40-12-14-41(15-13-40)21-8-10-22(11-9-21)42-32-29(31(35)36-19-37-32)30(39-42)25-17-28(44-2)27(18-26(25)34)38-33(43)24-16-23(24)20-6-4-3-5-7-20/h3-7,17-19,21-24H,8-16H2,1-2H3,(H,38,43)(H2,35,36,37)/t21-,22-,23-,24+/m0/s1. The first kappa shape index (κ1) is 28.7. The molecular formula is C33H39FN8O2. The third-order valence-electron chi connectivity index (χ3n) is 9.74. The minimum Gasteiger partial charge on any atom is -0.495 e. The molecule has 2 aromatic heterocycles. The number of halogens is 1. The number of fused-ring (bicyclic) bond motifs is 1. The van der Waals surface area contributed by atoms with E-state index in [1.165, 1.54) is 19.5 Å². The van der Waals surface area contributed by atoms with Gasteiger partial charge in [-0.05, 0) is 56.7 Å². The molecular weight excluding hydrogens is 559 g/mol. The summed E-state index contributed by atoms with van der Waals surface area (Å²) in [4.78, 5) is 26.9. The summed E-state index contributed by atoms with van der Waals surface area (Å²) in [7, 11) is 3.68. The van der Waals surface area contributed by atoms with Gasteiger partial charge >= 0.3 is 0 Å². The number of methoxy groups -OCH3 is 1. The lowest BCUT2D eigenvalue weighted by Crippen LogP contribution is -2.49. The lowest BCUT2D eigenvalue weighted by atomic mass is 9.90. The Labute approximate surface area is 256 Å². The summed E-state index contributed by atoms with van der Waals surface area (Å²) in [6.07, 6.45) is 6.27. The number of hydrogen-bond donors (Lipinski definition) is 2. The van der Waals surface area contributed by atoms with E-state index in [1.807, 2.05) is 35.0 Å². The Morgan fingerprint density at radius 1 is 1.02 bits per heavy atom. The molecule has 0 bridgehead atoms. The van der Waals surface area contributed by atoms with Gasteiger partial charge in [0.15, 0.2) is 5.65 Å². The number of piperazine rings is 1. The smallest absolute Gasteiger partial charge is 0.228 e. The maximum Gasteiger partial charge on any atom is 0.228 e. The number of ether oxygens (including phenoxy) is 1. The molecule has 0 spiro atoms. The first-order valence-electron chi connectivity index (χ1n) is 15.6. The van der Waals surface area contributed by atoms with Gasteiger partial charge in [-0.2, -0.15) is 5.10 Å². The molecule has 1 saturated heterocycles. The molecule has 44 heavy (non-hydrogen) atoms. The number of anilines is 2. The van der Waals surface area contributed by atoms with Crippen molar-refractivity contribution in [3.05, 3.63) is 60.2 Å². The number of hydrogen-bond acceptors (Lipinski definition) is 8. The van der Waals surface area contributed by atoms with Crippen LogP contribution in [0.4, 0.5) is 15.9 Å². The van der Waals surface area contributed by atoms with E-state index in [0.29, 0.717) is 28.5 Å². The minimum atomic E-state index is -0.537. The van der Waals surface area contributed by atoms with Crippen LogP contribution in [-0.4, -0.2) is 81.8 Å². The first-order chi connectivity index (χ1) is 21.4. The second-order valence-corrected chi connectivity index (χ2v) is 12.4. The van der Waals surface area contributed by atoms with Crippen molar-refractivity contribution in [2.24, 2.45) is 5.92 Å². The Morgan fingerprint density at radius 3 is 2.48 bits per heavy atom. The largest absolute Gasteiger partial charge is 0.495 e. The van der Waals surface area contributed by atoms with Gasteiger partial charge in [-0.25, -0.2) is 19.0 Å². The molecule has 3 heterocycles. The number of benzene rings is 2. The van der Waals surface area contributed by atoms with Gasteiger partial charge in [0.05, 0.1) is 24.2 Å². The van der Waals surface area contributed by atoms with Gasteiger partial charge in [-0.1, -0.05) is 30.3 Å². The molecule has 1 amide bonds. The van der Waals surface area contributed by atoms with Crippen molar-refractivity contribution in [3.8, 4) is 17.0 Å². The number of likely N-dealkylation sites (N-methyl/N-ethyl adjacent to an activating group) is 1. The highest BCUT2D eigenvalue weighted by Crippen LogP contribution is 2.48. The topological polar surface area (TPSA) is 114 Å². The minimum absolute atomic E-state index is 0.129. The van der Waals surface area contributed by atoms with Crippen LogP contribution in [0.2, 0.25) is 0 Å². The van der Waals surface area contributed by atoms with Gasteiger partial charge in [0.2, 0.25) is 5.91 Å². The maximum absolute atomic E-state index is 15.9. The molecule has 2 aliphatic carbocycles. The van der Waals surface area contributed by atoms with Crippen molar-refractivity contribution >= 4 is 28.4 Å². The van der Waals surface area contributed by atoms with E-state index >= 15 is 4.39 Å². The number of nitrogens with two attached hydrogens (primary N) is 1. The van der Waals surface area contributed by atoms with Crippen LogP contribution in [0.5, 0.6) is 5.75 Å². The molecule has 1 aliphatic heterocycles. The highest BCUT2D eigenvalue weighted by Gasteiger charge is 2.44. The Kier molecular flexibility index (Phi) is 7.67. The van der Waals surface area contributed by atoms with Gasteiger partial charge in [0.1, 0.15) is 29.4 Å². The second kappa shape index (κ2) is 11.8. The number of rotatable bonds is 7. The van der Waals surface area contributed by atoms with Crippen LogP contribution in [0.25, 0.3) is 22.3 Å². The van der Waals surface area contributed by atoms with Crippen molar-refractivity contribution in [2.75, 3.05) is 51.4 Å². The number of nitrogens with zero attached hydrogens (tertiary/aromatic N) is 6. The third-order valence-corrected chi connectivity index (χ3v) is 9.74. The fourth-order valence-corrected chi connectivity index (χ4v) is 7.07. The van der Waals surface area contributed by atoms with Gasteiger partial charge < -0.3 is 20.7 Å². The molecule has 2 saturated carbocycles. The fraction of sp³-hybridized carbons (Fsp3) is 0.455. The Balaban J connectivity index is 1.14. The zero-order chi connectivity index (χ0) is 30.4. The van der Waals surface area contributed by atoms with E-state index in [2.05, 4.69) is 32.1 Å². The number of carbonyl (C=O) groups excluding carboxylic acids is 1. The van der Waals surface area contributed by atoms with Crippen molar-refractivity contribution in [1.82, 2.24) is 29.5 Å². The molecule has 230 valence electrons. The predicted molar refractivity (Wildman–Crippen MR) is 168 cm³/mol. The van der Waals surface area contributed by atoms with Crippen LogP contribution >= 0.6 is 0 Å². The molecule has 4 aromatic rings. The Bertz CT molecular complexity index is 1660. The normalized spacial score (nSPS) is 24.3. The van der Waals surface area contributed by atoms with Crippen molar-refractivity contribution in [1.29, 1.82) is 0 Å². The summed E-state index contributed by atoms with van der Waals surface area (Å²) >= 11 is 0. The number of nitrogens with one attached hydrogen (secondary N) is 1. The lowest BCUT2D eigenvalue weighted by molar-refractivity contribution is -0.117. The summed E-state index contributed by atoms with van der Waals surface area (Å²) in [6.45, 7) is 4.43. The summed E-state index contributed by atoms with van der Waals surface area (Å²) in [6, 6.07) is 13.6. The van der Waals surface area contributed by atoms with E-state index in [0.717, 1.165) is 63.8 Å². The predicted octanol–water partition coefficient (Wildman–Crippen LogP) is 4.70. The van der Waals surface area contributed by atoms with Crippen LogP contribution in [0.1, 0.15) is 49.6 Å². The molecule has 0 unspecified atom stereocenters. The molecule has 3 fully saturated rings. The SMILES string of the molecule is COc1cc(-c2nn([C@H]3CC[C@H](N4CCN(C)CC4)CC3)c3ncnc(N)c23)c(F)cc1NC(=O)[C@@H]1C[C@H]1c1ccccc1. The van der Waals surface area contributed by atoms with E-state index < -0.39 is 5.82 Å². The Hall–Kier alpha value is -4.09. The summed E-state index contributed by atoms with van der Waals surface area (Å²) in [5.41, 5.74) is 8.98. The molecule has 3 N–H and O–H groups in total. The zero-order valence-corrected chi connectivity index (χ0v) is 25.2. The molecule has 2 atom stereocenters. The summed E-state index contributed by atoms with van der Waals surface area (Å²) < 4.78 is 23.5. The number of nitrogen functional groups attached to an aromatic ring is 1. The molecule has 2 aromatic carbocycles. The van der Waals surface area contributed by atoms with Gasteiger partial charge in [-0.3, -0.25) is 9.69 Å². The number of amides is 1. The van der Waals surface area contributed by atoms with Crippen molar-refractivity contribution in [2.45, 2.75) is 50.1 Å². The quantitative estimate of drug-likeness (QED) is 0.315. The zero-order valence-electron chi connectivity index (χ0n) is 25.2. The van der Waals surface area contributed by atoms with Crippen molar-refractivity contribution < 1.29 is 13.9 Å². The molecule has 7 rings (SSSR count). The maximum atomic E-state index is 15.9. The van der Waals surface area contributed by atoms with Crippen LogP contribution in [-0.2, 0) is 4.79 Å². The van der Waals surface area contributed by atoms with E-state index in [9.17, 15) is 4.79 Å². The molecule has 10 nitrogen and oxygen atoms in total. The molecule has 11 heteroatoms. The highest BCUT2D eigenvalue weighted by atomic mass is 19.1. The van der Waals surface area contributed by atoms with Gasteiger partial charge in [0.25, 0.3) is 0 Å². The second-order valence-electron chi connectivity index (χ2n) is 12.4. The molecule has 3 aliphatic rings. The van der Waals surface area contributed by atoms with Gasteiger partial charge in [-0.15, -0.1) is 0 Å². The fourth-order valence-electron chi connectivity index (χ4n) is 7.07. The van der Waals surface area contributed by atoms with Crippen molar-refractivity contribution in [3.63, 3.8) is 0 Å². The summed E-state index contributed by atoms with van der Waals surface area (Å²) in [5, 5.41) is 8.35.